The van der Waals surface area contributed by atoms with Crippen molar-refractivity contribution >= 4 is 16.8 Å². The predicted octanol–water partition coefficient (Wildman–Crippen LogP) is 2.57. The molecule has 0 radical (unpaired) electrons. The highest BCUT2D eigenvalue weighted by Crippen LogP contribution is 2.35. The summed E-state index contributed by atoms with van der Waals surface area (Å²) in [6.07, 6.45) is 1.90. The highest BCUT2D eigenvalue weighted by atomic mass is 16.3. The van der Waals surface area contributed by atoms with Crippen LogP contribution in [0.1, 0.15) is 22.8 Å². The van der Waals surface area contributed by atoms with Crippen LogP contribution in [0.3, 0.4) is 0 Å². The van der Waals surface area contributed by atoms with Gasteiger partial charge in [-0.05, 0) is 40.5 Å². The van der Waals surface area contributed by atoms with Crippen LogP contribution in [-0.4, -0.2) is 16.3 Å². The van der Waals surface area contributed by atoms with Gasteiger partial charge in [-0.1, -0.05) is 36.4 Å². The van der Waals surface area contributed by atoms with Crippen LogP contribution in [0.4, 0.5) is 0 Å². The summed E-state index contributed by atoms with van der Waals surface area (Å²) >= 11 is 0. The quantitative estimate of drug-likeness (QED) is 0.724. The molecule has 0 fully saturated rings. The Balaban J connectivity index is 2.38. The minimum absolute atomic E-state index is 0.803. The molecule has 2 heteroatoms. The van der Waals surface area contributed by atoms with Gasteiger partial charge < -0.3 is 10.2 Å². The zero-order valence-electron chi connectivity index (χ0n) is 9.59. The molecule has 0 aliphatic heterocycles. The number of aliphatic hydroxyl groups excluding tert-OH is 2. The number of rotatable bonds is 0. The van der Waals surface area contributed by atoms with Crippen molar-refractivity contribution in [3.63, 3.8) is 0 Å². The molecule has 0 bridgehead atoms. The van der Waals surface area contributed by atoms with Gasteiger partial charge in [-0.15, -0.1) is 0 Å². The maximum Gasteiger partial charge on any atom is 0.109 e. The summed E-state index contributed by atoms with van der Waals surface area (Å²) < 4.78 is 0. The molecule has 0 amide bonds. The minimum Gasteiger partial charge on any atom is -0.386 e. The highest BCUT2D eigenvalue weighted by Gasteiger charge is 2.24. The molecule has 0 aromatic heterocycles. The van der Waals surface area contributed by atoms with Gasteiger partial charge in [0.15, 0.2) is 0 Å². The van der Waals surface area contributed by atoms with Crippen LogP contribution in [0.25, 0.3) is 16.8 Å². The summed E-state index contributed by atoms with van der Waals surface area (Å²) in [6.45, 7) is 2.00. The Hall–Kier alpha value is -1.64. The number of aryl methyl sites for hydroxylation is 1. The Kier molecular flexibility index (Phi) is 2.28. The molecule has 0 unspecified atom stereocenters. The van der Waals surface area contributed by atoms with Gasteiger partial charge in [0.2, 0.25) is 0 Å². The van der Waals surface area contributed by atoms with E-state index in [1.54, 1.807) is 6.08 Å². The van der Waals surface area contributed by atoms with Crippen molar-refractivity contribution in [1.29, 1.82) is 0 Å². The van der Waals surface area contributed by atoms with Crippen molar-refractivity contribution in [2.75, 3.05) is 0 Å². The third-order valence-corrected chi connectivity index (χ3v) is 3.48. The molecule has 1 aliphatic carbocycles. The van der Waals surface area contributed by atoms with Crippen LogP contribution in [0.2, 0.25) is 0 Å². The molecule has 0 heterocycles. The number of hydrogen-bond acceptors (Lipinski definition) is 2. The predicted molar refractivity (Wildman–Crippen MR) is 68.7 cm³/mol. The number of aliphatic hydroxyl groups is 2. The Morgan fingerprint density at radius 1 is 1.12 bits per heavy atom. The van der Waals surface area contributed by atoms with Gasteiger partial charge in [0.1, 0.15) is 12.2 Å². The average Bonchev–Trinajstić information content (AvgIpc) is 2.34. The fourth-order valence-electron chi connectivity index (χ4n) is 2.58. The Morgan fingerprint density at radius 3 is 2.71 bits per heavy atom. The Bertz CT molecular complexity index is 614. The monoisotopic (exact) mass is 226 g/mol. The fraction of sp³-hybridized carbons (Fsp3) is 0.200. The second-order valence-corrected chi connectivity index (χ2v) is 4.52. The van der Waals surface area contributed by atoms with Crippen LogP contribution >= 0.6 is 0 Å². The van der Waals surface area contributed by atoms with Crippen molar-refractivity contribution in [2.24, 2.45) is 0 Å². The van der Waals surface area contributed by atoms with Crippen LogP contribution in [0.5, 0.6) is 0 Å². The van der Waals surface area contributed by atoms with Crippen molar-refractivity contribution in [3.05, 3.63) is 53.1 Å². The van der Waals surface area contributed by atoms with E-state index < -0.39 is 12.2 Å². The van der Waals surface area contributed by atoms with Crippen molar-refractivity contribution in [2.45, 2.75) is 19.1 Å². The maximum atomic E-state index is 10.1. The zero-order valence-corrected chi connectivity index (χ0v) is 9.59. The van der Waals surface area contributed by atoms with Gasteiger partial charge in [0.25, 0.3) is 0 Å². The Morgan fingerprint density at radius 2 is 1.88 bits per heavy atom. The number of hydrogen-bond donors (Lipinski definition) is 2. The molecule has 1 aliphatic rings. The normalized spacial score (nSPS) is 22.8. The molecule has 0 spiro atoms. The van der Waals surface area contributed by atoms with Crippen LogP contribution < -0.4 is 0 Å². The van der Waals surface area contributed by atoms with Crippen molar-refractivity contribution < 1.29 is 10.2 Å². The van der Waals surface area contributed by atoms with E-state index in [1.807, 2.05) is 31.2 Å². The van der Waals surface area contributed by atoms with Gasteiger partial charge in [-0.25, -0.2) is 0 Å². The second-order valence-electron chi connectivity index (χ2n) is 4.52. The molecule has 2 aromatic carbocycles. The lowest BCUT2D eigenvalue weighted by Gasteiger charge is -2.24. The van der Waals surface area contributed by atoms with Gasteiger partial charge >= 0.3 is 0 Å². The average molecular weight is 226 g/mol. The fourth-order valence-corrected chi connectivity index (χ4v) is 2.58. The SMILES string of the molecule is Cc1c2c(cc3ccccc13)C=C[C@@H](O)[C@@H]2O. The number of fused-ring (bicyclic) bond motifs is 2. The lowest BCUT2D eigenvalue weighted by atomic mass is 9.86. The summed E-state index contributed by atoms with van der Waals surface area (Å²) in [5.74, 6) is 0. The summed E-state index contributed by atoms with van der Waals surface area (Å²) in [7, 11) is 0. The third-order valence-electron chi connectivity index (χ3n) is 3.48. The largest absolute Gasteiger partial charge is 0.386 e. The first kappa shape index (κ1) is 10.5. The van der Waals surface area contributed by atoms with Gasteiger partial charge in [-0.3, -0.25) is 0 Å². The van der Waals surface area contributed by atoms with Crippen molar-refractivity contribution in [1.82, 2.24) is 0 Å². The molecule has 86 valence electrons. The first-order valence-corrected chi connectivity index (χ1v) is 5.75. The van der Waals surface area contributed by atoms with Gasteiger partial charge in [0.05, 0.1) is 0 Å². The molecule has 2 nitrogen and oxygen atoms in total. The standard InChI is InChI=1S/C15H14O2/c1-9-12-5-3-2-4-10(12)8-11-6-7-13(16)15(17)14(9)11/h2-8,13,15-17H,1H3/t13-,15+/m1/s1. The van der Waals surface area contributed by atoms with Gasteiger partial charge in [0, 0.05) is 0 Å². The second kappa shape index (κ2) is 3.69. The molecular weight excluding hydrogens is 212 g/mol. The topological polar surface area (TPSA) is 40.5 Å². The van der Waals surface area contributed by atoms with Crippen LogP contribution in [0, 0.1) is 6.92 Å². The highest BCUT2D eigenvalue weighted by molar-refractivity contribution is 5.90. The van der Waals surface area contributed by atoms with E-state index in [4.69, 9.17) is 0 Å². The lowest BCUT2D eigenvalue weighted by molar-refractivity contribution is 0.0467. The summed E-state index contributed by atoms with van der Waals surface area (Å²) in [5, 5.41) is 22.0. The van der Waals surface area contributed by atoms with Crippen molar-refractivity contribution in [3.8, 4) is 0 Å². The van der Waals surface area contributed by atoms with E-state index in [9.17, 15) is 10.2 Å². The molecule has 17 heavy (non-hydrogen) atoms. The van der Waals surface area contributed by atoms with E-state index in [-0.39, 0.29) is 0 Å². The molecule has 0 saturated carbocycles. The molecule has 3 rings (SSSR count). The summed E-state index contributed by atoms with van der Waals surface area (Å²) in [5.41, 5.74) is 2.90. The van der Waals surface area contributed by atoms with E-state index in [0.29, 0.717) is 0 Å². The first-order valence-electron chi connectivity index (χ1n) is 5.75. The smallest absolute Gasteiger partial charge is 0.109 e. The molecule has 2 aromatic rings. The van der Waals surface area contributed by atoms with Crippen LogP contribution in [-0.2, 0) is 0 Å². The molecule has 0 saturated heterocycles. The zero-order chi connectivity index (χ0) is 12.0. The van der Waals surface area contributed by atoms with Gasteiger partial charge in [-0.2, -0.15) is 0 Å². The van der Waals surface area contributed by atoms with Crippen LogP contribution in [0.15, 0.2) is 36.4 Å². The summed E-state index contributed by atoms with van der Waals surface area (Å²) in [6, 6.07) is 10.2. The Labute approximate surface area is 99.8 Å². The van der Waals surface area contributed by atoms with E-state index in [1.165, 1.54) is 0 Å². The molecule has 2 atom stereocenters. The molecule has 2 N–H and O–H groups in total. The lowest BCUT2D eigenvalue weighted by Crippen LogP contribution is -2.20. The number of benzene rings is 2. The maximum absolute atomic E-state index is 10.1. The van der Waals surface area contributed by atoms with E-state index >= 15 is 0 Å². The van der Waals surface area contributed by atoms with E-state index in [2.05, 4.69) is 12.1 Å². The minimum atomic E-state index is -0.820. The van der Waals surface area contributed by atoms with E-state index in [0.717, 1.165) is 27.5 Å². The summed E-state index contributed by atoms with van der Waals surface area (Å²) in [4.78, 5) is 0. The molecular formula is C15H14O2. The third kappa shape index (κ3) is 1.49. The first-order chi connectivity index (χ1) is 8.18.